The van der Waals surface area contributed by atoms with E-state index in [1.165, 1.54) is 11.9 Å². The molecule has 0 unspecified atom stereocenters. The number of amides is 2. The number of carbonyl (C=O) groups excluding carboxylic acids is 3. The van der Waals surface area contributed by atoms with Crippen LogP contribution in [0.1, 0.15) is 38.5 Å². The van der Waals surface area contributed by atoms with Gasteiger partial charge in [-0.3, -0.25) is 14.4 Å². The van der Waals surface area contributed by atoms with Gasteiger partial charge in [-0.05, 0) is 31.0 Å². The van der Waals surface area contributed by atoms with Gasteiger partial charge in [0, 0.05) is 25.6 Å². The molecule has 2 amide bonds. The smallest absolute Gasteiger partial charge is 0.294 e. The third-order valence-corrected chi connectivity index (χ3v) is 4.15. The zero-order valence-corrected chi connectivity index (χ0v) is 14.5. The third kappa shape index (κ3) is 6.59. The van der Waals surface area contributed by atoms with Crippen LogP contribution in [0.4, 0.5) is 5.69 Å². The molecule has 23 heavy (non-hydrogen) atoms. The Balaban J connectivity index is 2.42. The number of benzene rings is 1. The van der Waals surface area contributed by atoms with Crippen molar-refractivity contribution in [2.24, 2.45) is 5.73 Å². The first kappa shape index (κ1) is 19.5. The van der Waals surface area contributed by atoms with Crippen LogP contribution in [-0.4, -0.2) is 24.6 Å². The monoisotopic (exact) mass is 358 g/mol. The molecule has 0 atom stereocenters. The van der Waals surface area contributed by atoms with Crippen molar-refractivity contribution >= 4 is 46.5 Å². The fourth-order valence-electron chi connectivity index (χ4n) is 2.04. The van der Waals surface area contributed by atoms with Crippen LogP contribution in [0.3, 0.4) is 0 Å². The molecule has 0 saturated heterocycles. The van der Waals surface area contributed by atoms with E-state index in [9.17, 15) is 14.4 Å². The fraction of sp³-hybridized carbons (Fsp3) is 0.438. The Bertz CT molecular complexity index is 591. The Kier molecular flexibility index (Phi) is 8.06. The molecule has 0 fully saturated rings. The number of Topliss-reactive ketones (excluding diaryl/α,β-unsaturated/α-hetero) is 1. The third-order valence-electron chi connectivity index (χ3n) is 3.41. The van der Waals surface area contributed by atoms with Crippen molar-refractivity contribution in [2.75, 3.05) is 11.9 Å². The zero-order valence-electron chi connectivity index (χ0n) is 13.0. The van der Waals surface area contributed by atoms with Crippen LogP contribution in [0.25, 0.3) is 0 Å². The lowest BCUT2D eigenvalue weighted by atomic mass is 10.1. The van der Waals surface area contributed by atoms with Crippen molar-refractivity contribution < 1.29 is 14.4 Å². The van der Waals surface area contributed by atoms with Gasteiger partial charge in [-0.1, -0.05) is 36.0 Å². The maximum Gasteiger partial charge on any atom is 0.294 e. The van der Waals surface area contributed by atoms with Gasteiger partial charge in [0.1, 0.15) is 0 Å². The molecule has 0 radical (unpaired) electrons. The van der Waals surface area contributed by atoms with E-state index in [1.54, 1.807) is 18.2 Å². The van der Waals surface area contributed by atoms with Crippen LogP contribution in [0, 0.1) is 0 Å². The molecule has 1 rings (SSSR count). The van der Waals surface area contributed by atoms with E-state index in [2.05, 4.69) is 0 Å². The van der Waals surface area contributed by atoms with Gasteiger partial charge >= 0.3 is 0 Å². The number of ketones is 1. The van der Waals surface area contributed by atoms with E-state index < -0.39 is 11.7 Å². The minimum atomic E-state index is -0.583. The molecule has 0 bridgehead atoms. The van der Waals surface area contributed by atoms with Crippen molar-refractivity contribution in [1.29, 1.82) is 0 Å². The average Bonchev–Trinajstić information content (AvgIpc) is 2.51. The van der Waals surface area contributed by atoms with Gasteiger partial charge < -0.3 is 10.6 Å². The van der Waals surface area contributed by atoms with Crippen LogP contribution >= 0.6 is 23.2 Å². The van der Waals surface area contributed by atoms with Gasteiger partial charge in [-0.2, -0.15) is 0 Å². The lowest BCUT2D eigenvalue weighted by Crippen LogP contribution is -2.33. The minimum Gasteiger partial charge on any atom is -0.370 e. The summed E-state index contributed by atoms with van der Waals surface area (Å²) in [5.74, 6) is -1.35. The first-order valence-corrected chi connectivity index (χ1v) is 8.12. The van der Waals surface area contributed by atoms with Gasteiger partial charge in [0.15, 0.2) is 0 Å². The summed E-state index contributed by atoms with van der Waals surface area (Å²) in [6.07, 6.45) is 3.45. The number of unbranched alkanes of at least 4 members (excludes halogenated alkanes) is 3. The first-order valence-electron chi connectivity index (χ1n) is 7.37. The predicted octanol–water partition coefficient (Wildman–Crippen LogP) is 3.35. The molecule has 0 heterocycles. The Hall–Kier alpha value is -1.59. The number of anilines is 1. The Morgan fingerprint density at radius 2 is 1.61 bits per heavy atom. The van der Waals surface area contributed by atoms with E-state index in [4.69, 9.17) is 28.9 Å². The molecule has 126 valence electrons. The normalized spacial score (nSPS) is 10.4. The molecule has 5 nitrogen and oxygen atoms in total. The Labute approximate surface area is 145 Å². The lowest BCUT2D eigenvalue weighted by Gasteiger charge is -2.17. The SMILES string of the molecule is CN(C(=O)C(=O)CCCCCCC(N)=O)c1ccc(Cl)c(Cl)c1. The van der Waals surface area contributed by atoms with Crippen molar-refractivity contribution in [2.45, 2.75) is 38.5 Å². The standard InChI is InChI=1S/C16H20Cl2N2O3/c1-20(11-8-9-12(17)13(18)10-11)16(23)14(21)6-4-2-3-5-7-15(19)22/h8-10H,2-7H2,1H3,(H2,19,22). The number of halogens is 2. The highest BCUT2D eigenvalue weighted by molar-refractivity contribution is 6.43. The maximum atomic E-state index is 12.1. The molecule has 0 aromatic heterocycles. The summed E-state index contributed by atoms with van der Waals surface area (Å²) in [5.41, 5.74) is 5.56. The first-order chi connectivity index (χ1) is 10.8. The summed E-state index contributed by atoms with van der Waals surface area (Å²) in [6.45, 7) is 0. The summed E-state index contributed by atoms with van der Waals surface area (Å²) < 4.78 is 0. The molecule has 0 aliphatic heterocycles. The van der Waals surface area contributed by atoms with Gasteiger partial charge in [-0.15, -0.1) is 0 Å². The summed E-state index contributed by atoms with van der Waals surface area (Å²) in [4.78, 5) is 35.9. The van der Waals surface area contributed by atoms with E-state index >= 15 is 0 Å². The van der Waals surface area contributed by atoms with Crippen molar-refractivity contribution in [1.82, 2.24) is 0 Å². The molecule has 7 heteroatoms. The van der Waals surface area contributed by atoms with Crippen LogP contribution in [0.5, 0.6) is 0 Å². The zero-order chi connectivity index (χ0) is 17.4. The number of rotatable bonds is 9. The number of nitrogens with two attached hydrogens (primary N) is 1. The van der Waals surface area contributed by atoms with Crippen molar-refractivity contribution in [3.05, 3.63) is 28.2 Å². The minimum absolute atomic E-state index is 0.182. The molecular weight excluding hydrogens is 339 g/mol. The van der Waals surface area contributed by atoms with Gasteiger partial charge in [-0.25, -0.2) is 0 Å². The second-order valence-corrected chi connectivity index (χ2v) is 6.08. The Morgan fingerprint density at radius 3 is 2.17 bits per heavy atom. The lowest BCUT2D eigenvalue weighted by molar-refractivity contribution is -0.136. The number of carbonyl (C=O) groups is 3. The van der Waals surface area contributed by atoms with Gasteiger partial charge in [0.05, 0.1) is 10.0 Å². The summed E-state index contributed by atoms with van der Waals surface area (Å²) >= 11 is 11.7. The van der Waals surface area contributed by atoms with E-state index in [-0.39, 0.29) is 12.3 Å². The second-order valence-electron chi connectivity index (χ2n) is 5.27. The van der Waals surface area contributed by atoms with Crippen LogP contribution in [0.15, 0.2) is 18.2 Å². The van der Waals surface area contributed by atoms with Crippen molar-refractivity contribution in [3.63, 3.8) is 0 Å². The summed E-state index contributed by atoms with van der Waals surface area (Å²) in [6, 6.07) is 4.74. The molecule has 1 aromatic rings. The van der Waals surface area contributed by atoms with Crippen LogP contribution in [-0.2, 0) is 14.4 Å². The van der Waals surface area contributed by atoms with E-state index in [0.29, 0.717) is 35.0 Å². The Morgan fingerprint density at radius 1 is 1.00 bits per heavy atom. The number of likely N-dealkylation sites (N-methyl/N-ethyl adjacent to an activating group) is 1. The quantitative estimate of drug-likeness (QED) is 0.542. The van der Waals surface area contributed by atoms with Crippen LogP contribution in [0.2, 0.25) is 10.0 Å². The topological polar surface area (TPSA) is 80.5 Å². The summed E-state index contributed by atoms with van der Waals surface area (Å²) in [5, 5.41) is 0.712. The molecular formula is C16H20Cl2N2O3. The maximum absolute atomic E-state index is 12.1. The molecule has 0 aliphatic rings. The van der Waals surface area contributed by atoms with E-state index in [0.717, 1.165) is 12.8 Å². The largest absolute Gasteiger partial charge is 0.370 e. The highest BCUT2D eigenvalue weighted by Gasteiger charge is 2.19. The highest BCUT2D eigenvalue weighted by atomic mass is 35.5. The van der Waals surface area contributed by atoms with Gasteiger partial charge in [0.25, 0.3) is 5.91 Å². The molecule has 2 N–H and O–H groups in total. The highest BCUT2D eigenvalue weighted by Crippen LogP contribution is 2.26. The predicted molar refractivity (Wildman–Crippen MR) is 91.8 cm³/mol. The number of hydrogen-bond acceptors (Lipinski definition) is 3. The van der Waals surface area contributed by atoms with Crippen LogP contribution < -0.4 is 10.6 Å². The molecule has 1 aromatic carbocycles. The van der Waals surface area contributed by atoms with Gasteiger partial charge in [0.2, 0.25) is 11.7 Å². The average molecular weight is 359 g/mol. The molecule has 0 spiro atoms. The molecule has 0 saturated carbocycles. The second kappa shape index (κ2) is 9.53. The fourth-order valence-corrected chi connectivity index (χ4v) is 2.34. The summed E-state index contributed by atoms with van der Waals surface area (Å²) in [7, 11) is 1.52. The van der Waals surface area contributed by atoms with Crippen molar-refractivity contribution in [3.8, 4) is 0 Å². The number of primary amides is 1. The van der Waals surface area contributed by atoms with E-state index in [1.807, 2.05) is 0 Å². The number of hydrogen-bond donors (Lipinski definition) is 1. The molecule has 0 aliphatic carbocycles. The number of nitrogens with zero attached hydrogens (tertiary/aromatic N) is 1.